The average molecular weight is 744 g/mol. The van der Waals surface area contributed by atoms with Gasteiger partial charge in [-0.2, -0.15) is 0 Å². The van der Waals surface area contributed by atoms with Crippen molar-refractivity contribution < 1.29 is 0 Å². The molecule has 58 heavy (non-hydrogen) atoms. The highest BCUT2D eigenvalue weighted by Crippen LogP contribution is 2.40. The highest BCUT2D eigenvalue weighted by Gasteiger charge is 2.19. The maximum atomic E-state index is 6.98. The van der Waals surface area contributed by atoms with E-state index in [0.717, 1.165) is 29.4 Å². The van der Waals surface area contributed by atoms with Gasteiger partial charge in [0.1, 0.15) is 5.82 Å². The Kier molecular flexibility index (Phi) is 8.01. The SMILES string of the molecule is C/C(=C\C=C(/N)n1c2ccccc2c2cc(-c3ccc4c(c3)c3ccccc3n4C3=CCC=CC=C3)ccc21)c1ccc(-c2ccc3c(c2)-c2ccccc2C3)cc1. The van der Waals surface area contributed by atoms with Crippen molar-refractivity contribution in [2.24, 2.45) is 5.73 Å². The highest BCUT2D eigenvalue weighted by atomic mass is 15.1. The second kappa shape index (κ2) is 13.7. The number of hydrogen-bond donors (Lipinski definition) is 1. The highest BCUT2D eigenvalue weighted by molar-refractivity contribution is 6.13. The molecule has 0 aliphatic heterocycles. The summed E-state index contributed by atoms with van der Waals surface area (Å²) in [5, 5.41) is 4.87. The van der Waals surface area contributed by atoms with Crippen LogP contribution in [0.1, 0.15) is 30.0 Å². The Morgan fingerprint density at radius 3 is 1.97 bits per heavy atom. The van der Waals surface area contributed by atoms with Gasteiger partial charge in [-0.1, -0.05) is 140 Å². The Hall–Kier alpha value is -7.36. The first-order chi connectivity index (χ1) is 28.6. The Morgan fingerprint density at radius 1 is 0.534 bits per heavy atom. The largest absolute Gasteiger partial charge is 0.385 e. The molecular weight excluding hydrogens is 703 g/mol. The molecule has 3 nitrogen and oxygen atoms in total. The van der Waals surface area contributed by atoms with Gasteiger partial charge in [-0.25, -0.2) is 0 Å². The molecule has 0 spiro atoms. The van der Waals surface area contributed by atoms with Crippen LogP contribution in [0.25, 0.3) is 94.1 Å². The van der Waals surface area contributed by atoms with Crippen LogP contribution >= 0.6 is 0 Å². The number of benzene rings is 7. The van der Waals surface area contributed by atoms with Crippen molar-refractivity contribution in [2.45, 2.75) is 19.8 Å². The quantitative estimate of drug-likeness (QED) is 0.169. The molecule has 0 saturated heterocycles. The molecule has 0 radical (unpaired) electrons. The Labute approximate surface area is 338 Å². The number of rotatable bonds is 6. The molecule has 0 saturated carbocycles. The molecule has 3 heteroatoms. The zero-order chi connectivity index (χ0) is 38.7. The second-order valence-corrected chi connectivity index (χ2v) is 15.5. The van der Waals surface area contributed by atoms with E-state index in [1.165, 1.54) is 88.3 Å². The monoisotopic (exact) mass is 743 g/mol. The Bertz CT molecular complexity index is 3280. The molecule has 276 valence electrons. The molecule has 11 rings (SSSR count). The lowest BCUT2D eigenvalue weighted by Gasteiger charge is -2.10. The summed E-state index contributed by atoms with van der Waals surface area (Å²) in [5.74, 6) is 0.680. The molecule has 0 atom stereocenters. The van der Waals surface area contributed by atoms with Gasteiger partial charge >= 0.3 is 0 Å². The lowest BCUT2D eigenvalue weighted by Crippen LogP contribution is -2.05. The molecule has 2 heterocycles. The van der Waals surface area contributed by atoms with Crippen LogP contribution in [0.5, 0.6) is 0 Å². The molecule has 9 aromatic rings. The molecule has 7 aromatic carbocycles. The van der Waals surface area contributed by atoms with E-state index in [4.69, 9.17) is 5.73 Å². The summed E-state index contributed by atoms with van der Waals surface area (Å²) in [5.41, 5.74) is 25.5. The normalized spacial score (nSPS) is 14.1. The van der Waals surface area contributed by atoms with Gasteiger partial charge in [-0.15, -0.1) is 0 Å². The lowest BCUT2D eigenvalue weighted by molar-refractivity contribution is 1.18. The molecular formula is C55H41N3. The van der Waals surface area contributed by atoms with Crippen LogP contribution < -0.4 is 5.73 Å². The summed E-state index contributed by atoms with van der Waals surface area (Å²) < 4.78 is 4.58. The van der Waals surface area contributed by atoms with Gasteiger partial charge < -0.3 is 10.3 Å². The second-order valence-electron chi connectivity index (χ2n) is 15.5. The predicted molar refractivity (Wildman–Crippen MR) is 247 cm³/mol. The third kappa shape index (κ3) is 5.58. The van der Waals surface area contributed by atoms with Crippen molar-refractivity contribution >= 4 is 60.7 Å². The number of fused-ring (bicyclic) bond motifs is 9. The Balaban J connectivity index is 0.919. The maximum Gasteiger partial charge on any atom is 0.108 e. The fourth-order valence-corrected chi connectivity index (χ4v) is 9.21. The number of nitrogens with zero attached hydrogens (tertiary/aromatic N) is 2. The van der Waals surface area contributed by atoms with E-state index in [2.05, 4.69) is 204 Å². The summed E-state index contributed by atoms with van der Waals surface area (Å²) in [4.78, 5) is 0. The molecule has 0 fully saturated rings. The molecule has 2 aliphatic rings. The molecule has 0 unspecified atom stereocenters. The van der Waals surface area contributed by atoms with Crippen molar-refractivity contribution in [3.05, 3.63) is 211 Å². The van der Waals surface area contributed by atoms with Gasteiger partial charge in [0, 0.05) is 27.2 Å². The van der Waals surface area contributed by atoms with Gasteiger partial charge in [0.05, 0.1) is 22.1 Å². The van der Waals surface area contributed by atoms with Crippen LogP contribution in [0.4, 0.5) is 0 Å². The number of para-hydroxylation sites is 2. The number of allylic oxidation sites excluding steroid dienone is 9. The third-order valence-electron chi connectivity index (χ3n) is 12.1. The zero-order valence-electron chi connectivity index (χ0n) is 32.4. The average Bonchev–Trinajstić information content (AvgIpc) is 3.83. The molecule has 2 aromatic heterocycles. The van der Waals surface area contributed by atoms with Crippen LogP contribution in [0.15, 0.2) is 194 Å². The van der Waals surface area contributed by atoms with Crippen molar-refractivity contribution in [3.63, 3.8) is 0 Å². The number of aromatic nitrogens is 2. The van der Waals surface area contributed by atoms with Crippen molar-refractivity contribution in [2.75, 3.05) is 0 Å². The minimum Gasteiger partial charge on any atom is -0.385 e. The lowest BCUT2D eigenvalue weighted by atomic mass is 9.97. The minimum atomic E-state index is 0.680. The summed E-state index contributed by atoms with van der Waals surface area (Å²) >= 11 is 0. The third-order valence-corrected chi connectivity index (χ3v) is 12.1. The van der Waals surface area contributed by atoms with Crippen LogP contribution in [0, 0.1) is 0 Å². The fourth-order valence-electron chi connectivity index (χ4n) is 9.21. The standard InChI is InChI=1S/C55H41N3/c1-36(37-21-23-38(24-22-37)39-25-26-43-32-42-12-6-7-15-45(42)48(43)33-39)20-31-55(56)58-52-19-11-9-17-47(52)50-35-41(28-30-54(50)58)40-27-29-53-49(34-40)46-16-8-10-18-51(46)57(53)44-13-4-2-3-5-14-44/h2-4,6-31,33-35H,5,32,56H2,1H3/b36-20+,55-31+. The summed E-state index contributed by atoms with van der Waals surface area (Å²) in [7, 11) is 0. The molecule has 2 N–H and O–H groups in total. The van der Waals surface area contributed by atoms with E-state index in [-0.39, 0.29) is 0 Å². The van der Waals surface area contributed by atoms with Crippen LogP contribution in [-0.2, 0) is 6.42 Å². The fraction of sp³-hybridized carbons (Fsp3) is 0.0545. The Morgan fingerprint density at radius 2 is 1.14 bits per heavy atom. The van der Waals surface area contributed by atoms with Crippen molar-refractivity contribution in [3.8, 4) is 33.4 Å². The van der Waals surface area contributed by atoms with Crippen LogP contribution in [0.3, 0.4) is 0 Å². The smallest absolute Gasteiger partial charge is 0.108 e. The van der Waals surface area contributed by atoms with Crippen molar-refractivity contribution in [1.29, 1.82) is 0 Å². The van der Waals surface area contributed by atoms with Gasteiger partial charge in [0.2, 0.25) is 0 Å². The van der Waals surface area contributed by atoms with E-state index in [1.807, 2.05) is 6.08 Å². The van der Waals surface area contributed by atoms with E-state index in [9.17, 15) is 0 Å². The topological polar surface area (TPSA) is 35.9 Å². The first-order valence-electron chi connectivity index (χ1n) is 20.2. The van der Waals surface area contributed by atoms with E-state index in [1.54, 1.807) is 0 Å². The first-order valence-corrected chi connectivity index (χ1v) is 20.2. The molecule has 2 aliphatic carbocycles. The zero-order valence-corrected chi connectivity index (χ0v) is 32.4. The molecule has 0 bridgehead atoms. The predicted octanol–water partition coefficient (Wildman–Crippen LogP) is 14.0. The minimum absolute atomic E-state index is 0.680. The van der Waals surface area contributed by atoms with Gasteiger partial charge in [0.25, 0.3) is 0 Å². The van der Waals surface area contributed by atoms with E-state index >= 15 is 0 Å². The number of hydrogen-bond acceptors (Lipinski definition) is 1. The summed E-state index contributed by atoms with van der Waals surface area (Å²) in [6.07, 6.45) is 17.1. The summed E-state index contributed by atoms with van der Waals surface area (Å²) in [6, 6.07) is 55.5. The van der Waals surface area contributed by atoms with Crippen LogP contribution in [0.2, 0.25) is 0 Å². The first kappa shape index (κ1) is 33.9. The molecule has 0 amide bonds. The van der Waals surface area contributed by atoms with Crippen LogP contribution in [-0.4, -0.2) is 9.13 Å². The van der Waals surface area contributed by atoms with E-state index < -0.39 is 0 Å². The van der Waals surface area contributed by atoms with E-state index in [0.29, 0.717) is 5.82 Å². The van der Waals surface area contributed by atoms with Gasteiger partial charge in [-0.05, 0) is 130 Å². The maximum absolute atomic E-state index is 6.98. The summed E-state index contributed by atoms with van der Waals surface area (Å²) in [6.45, 7) is 2.15. The van der Waals surface area contributed by atoms with Gasteiger partial charge in [0.15, 0.2) is 0 Å². The van der Waals surface area contributed by atoms with Crippen molar-refractivity contribution in [1.82, 2.24) is 9.13 Å². The number of nitrogens with two attached hydrogens (primary N) is 1. The van der Waals surface area contributed by atoms with Gasteiger partial charge in [-0.3, -0.25) is 4.57 Å².